The van der Waals surface area contributed by atoms with E-state index in [1.807, 2.05) is 48.7 Å². The van der Waals surface area contributed by atoms with Gasteiger partial charge in [-0.05, 0) is 48.7 Å². The van der Waals surface area contributed by atoms with Gasteiger partial charge in [0.2, 0.25) is 10.0 Å². The minimum atomic E-state index is -3.78. The molecule has 0 aliphatic carbocycles. The Bertz CT molecular complexity index is 1330. The van der Waals surface area contributed by atoms with Crippen molar-refractivity contribution in [1.82, 2.24) is 13.9 Å². The Morgan fingerprint density at radius 2 is 1.82 bits per heavy atom. The lowest BCUT2D eigenvalue weighted by molar-refractivity contribution is 0.186. The van der Waals surface area contributed by atoms with Gasteiger partial charge in [0.1, 0.15) is 4.90 Å². The van der Waals surface area contributed by atoms with E-state index in [0.29, 0.717) is 31.6 Å². The largest absolute Gasteiger partial charge is 0.385 e. The van der Waals surface area contributed by atoms with Crippen molar-refractivity contribution in [2.75, 3.05) is 20.3 Å². The molecular weight excluding hydrogens is 434 g/mol. The third kappa shape index (κ3) is 5.16. The Hall–Kier alpha value is -3.00. The lowest BCUT2D eigenvalue weighted by Gasteiger charge is -2.24. The van der Waals surface area contributed by atoms with Crippen LogP contribution in [0.15, 0.2) is 84.0 Å². The van der Waals surface area contributed by atoms with Gasteiger partial charge in [0.15, 0.2) is 0 Å². The van der Waals surface area contributed by atoms with Gasteiger partial charge in [-0.15, -0.1) is 0 Å². The molecule has 0 saturated carbocycles. The van der Waals surface area contributed by atoms with Gasteiger partial charge in [0, 0.05) is 50.3 Å². The molecule has 0 spiro atoms. The molecule has 0 bridgehead atoms. The summed E-state index contributed by atoms with van der Waals surface area (Å²) in [6, 6.07) is 21.2. The summed E-state index contributed by atoms with van der Waals surface area (Å²) in [5, 5.41) is 0.804. The van der Waals surface area contributed by atoms with Crippen LogP contribution in [0.3, 0.4) is 0 Å². The van der Waals surface area contributed by atoms with Gasteiger partial charge in [-0.2, -0.15) is 4.31 Å². The molecule has 0 aliphatic heterocycles. The maximum Gasteiger partial charge on any atom is 0.245 e. The van der Waals surface area contributed by atoms with E-state index in [2.05, 4.69) is 28.6 Å². The van der Waals surface area contributed by atoms with Gasteiger partial charge in [-0.3, -0.25) is 4.98 Å². The third-order valence-corrected chi connectivity index (χ3v) is 7.71. The van der Waals surface area contributed by atoms with Crippen LogP contribution in [0.4, 0.5) is 0 Å². The average Bonchev–Trinajstić information content (AvgIpc) is 3.26. The van der Waals surface area contributed by atoms with Crippen molar-refractivity contribution < 1.29 is 13.2 Å². The summed E-state index contributed by atoms with van der Waals surface area (Å²) in [7, 11) is -2.15. The van der Waals surface area contributed by atoms with Gasteiger partial charge in [0.25, 0.3) is 0 Å². The molecule has 2 aromatic carbocycles. The Morgan fingerprint density at radius 1 is 1.00 bits per heavy atom. The van der Waals surface area contributed by atoms with Crippen LogP contribution in [0.2, 0.25) is 0 Å². The molecule has 0 amide bonds. The molecule has 4 rings (SSSR count). The summed E-state index contributed by atoms with van der Waals surface area (Å²) in [6.45, 7) is 3.90. The lowest BCUT2D eigenvalue weighted by Crippen LogP contribution is -2.33. The minimum absolute atomic E-state index is 0.232. The zero-order valence-electron chi connectivity index (χ0n) is 19.0. The molecule has 0 N–H and O–H groups in total. The number of para-hydroxylation sites is 1. The zero-order chi connectivity index (χ0) is 23.3. The predicted molar refractivity (Wildman–Crippen MR) is 131 cm³/mol. The summed E-state index contributed by atoms with van der Waals surface area (Å²) in [6.07, 6.45) is 4.23. The number of pyridine rings is 1. The number of fused-ring (bicyclic) bond motifs is 1. The van der Waals surface area contributed by atoms with Gasteiger partial charge in [-0.25, -0.2) is 8.42 Å². The first-order valence-corrected chi connectivity index (χ1v) is 12.5. The van der Waals surface area contributed by atoms with Crippen LogP contribution < -0.4 is 0 Å². The number of benzene rings is 2. The monoisotopic (exact) mass is 463 g/mol. The second-order valence-corrected chi connectivity index (χ2v) is 9.98. The highest BCUT2D eigenvalue weighted by Gasteiger charge is 2.27. The molecule has 2 aromatic heterocycles. The van der Waals surface area contributed by atoms with E-state index in [1.54, 1.807) is 29.7 Å². The van der Waals surface area contributed by atoms with Crippen LogP contribution in [-0.4, -0.2) is 42.5 Å². The highest BCUT2D eigenvalue weighted by atomic mass is 32.2. The van der Waals surface area contributed by atoms with Crippen molar-refractivity contribution >= 4 is 20.9 Å². The van der Waals surface area contributed by atoms with E-state index in [4.69, 9.17) is 4.74 Å². The van der Waals surface area contributed by atoms with Gasteiger partial charge < -0.3 is 9.30 Å². The first-order valence-electron chi connectivity index (χ1n) is 11.0. The first-order chi connectivity index (χ1) is 16.0. The van der Waals surface area contributed by atoms with E-state index in [9.17, 15) is 8.42 Å². The molecule has 172 valence electrons. The van der Waals surface area contributed by atoms with E-state index < -0.39 is 10.0 Å². The van der Waals surface area contributed by atoms with Crippen LogP contribution in [0.25, 0.3) is 10.9 Å². The fourth-order valence-electron chi connectivity index (χ4n) is 3.99. The third-order valence-electron chi connectivity index (χ3n) is 5.83. The number of aryl methyl sites for hydroxylation is 1. The number of hydrogen-bond acceptors (Lipinski definition) is 4. The molecule has 7 heteroatoms. The quantitative estimate of drug-likeness (QED) is 0.322. The van der Waals surface area contributed by atoms with Crippen molar-refractivity contribution in [2.45, 2.75) is 31.3 Å². The number of sulfonamides is 1. The van der Waals surface area contributed by atoms with E-state index in [0.717, 1.165) is 11.1 Å². The number of methoxy groups -OCH3 is 1. The van der Waals surface area contributed by atoms with Crippen LogP contribution in [0, 0.1) is 6.92 Å². The Morgan fingerprint density at radius 3 is 2.64 bits per heavy atom. The number of aromatic nitrogens is 2. The molecule has 6 nitrogen and oxygen atoms in total. The van der Waals surface area contributed by atoms with Crippen molar-refractivity contribution in [3.8, 4) is 0 Å². The fourth-order valence-corrected chi connectivity index (χ4v) is 5.61. The number of ether oxygens (including phenoxy) is 1. The lowest BCUT2D eigenvalue weighted by atomic mass is 10.1. The molecule has 0 saturated heterocycles. The molecule has 2 heterocycles. The van der Waals surface area contributed by atoms with Crippen LogP contribution in [0.5, 0.6) is 0 Å². The van der Waals surface area contributed by atoms with Crippen molar-refractivity contribution in [1.29, 1.82) is 0 Å². The maximum absolute atomic E-state index is 13.8. The fraction of sp³-hybridized carbons (Fsp3) is 0.269. The topological polar surface area (TPSA) is 64.4 Å². The summed E-state index contributed by atoms with van der Waals surface area (Å²) >= 11 is 0. The van der Waals surface area contributed by atoms with Gasteiger partial charge >= 0.3 is 0 Å². The molecule has 33 heavy (non-hydrogen) atoms. The Balaban J connectivity index is 1.68. The molecule has 4 aromatic rings. The van der Waals surface area contributed by atoms with E-state index in [-0.39, 0.29) is 11.4 Å². The highest BCUT2D eigenvalue weighted by molar-refractivity contribution is 7.89. The predicted octanol–water partition coefficient (Wildman–Crippen LogP) is 4.62. The number of nitrogens with zero attached hydrogens (tertiary/aromatic N) is 3. The zero-order valence-corrected chi connectivity index (χ0v) is 19.8. The molecule has 0 unspecified atom stereocenters. The summed E-state index contributed by atoms with van der Waals surface area (Å²) < 4.78 is 36.5. The SMILES string of the molecule is COCCCN(Cc1cccn1Cc1ccccc1C)S(=O)(=O)c1cccc2cccnc12. The van der Waals surface area contributed by atoms with E-state index in [1.165, 1.54) is 11.1 Å². The van der Waals surface area contributed by atoms with Crippen LogP contribution >= 0.6 is 0 Å². The van der Waals surface area contributed by atoms with E-state index >= 15 is 0 Å². The normalized spacial score (nSPS) is 12.0. The maximum atomic E-state index is 13.8. The van der Waals surface area contributed by atoms with Crippen molar-refractivity contribution in [2.24, 2.45) is 0 Å². The van der Waals surface area contributed by atoms with Gasteiger partial charge in [-0.1, -0.05) is 42.5 Å². The molecular formula is C26H29N3O3S. The Labute approximate surface area is 195 Å². The molecule has 0 radical (unpaired) electrons. The van der Waals surface area contributed by atoms with Gasteiger partial charge in [0.05, 0.1) is 12.1 Å². The smallest absolute Gasteiger partial charge is 0.245 e. The standard InChI is InChI=1S/C26H29N3O3S/c1-21-9-3-4-10-23(21)19-28-16-7-13-24(28)20-29(17-8-18-32-2)33(30,31)25-14-5-11-22-12-6-15-27-26(22)25/h3-7,9-16H,8,17-20H2,1-2H3. The second kappa shape index (κ2) is 10.3. The summed E-state index contributed by atoms with van der Waals surface area (Å²) in [5.41, 5.74) is 3.85. The van der Waals surface area contributed by atoms with Crippen molar-refractivity contribution in [3.63, 3.8) is 0 Å². The van der Waals surface area contributed by atoms with Crippen LogP contribution in [0.1, 0.15) is 23.2 Å². The highest BCUT2D eigenvalue weighted by Crippen LogP contribution is 2.26. The van der Waals surface area contributed by atoms with Crippen LogP contribution in [-0.2, 0) is 27.8 Å². The Kier molecular flexibility index (Phi) is 7.23. The molecule has 0 aliphatic rings. The molecule has 0 atom stereocenters. The second-order valence-electron chi connectivity index (χ2n) is 8.07. The number of rotatable bonds is 10. The number of hydrogen-bond donors (Lipinski definition) is 0. The minimum Gasteiger partial charge on any atom is -0.385 e. The summed E-state index contributed by atoms with van der Waals surface area (Å²) in [5.74, 6) is 0. The van der Waals surface area contributed by atoms with Crippen molar-refractivity contribution in [3.05, 3.63) is 95.9 Å². The molecule has 0 fully saturated rings. The average molecular weight is 464 g/mol. The first kappa shape index (κ1) is 23.2. The summed E-state index contributed by atoms with van der Waals surface area (Å²) in [4.78, 5) is 4.60.